The van der Waals surface area contributed by atoms with Gasteiger partial charge in [-0.15, -0.1) is 0 Å². The van der Waals surface area contributed by atoms with E-state index in [1.807, 2.05) is 18.3 Å². The van der Waals surface area contributed by atoms with E-state index in [1.54, 1.807) is 16.8 Å². The summed E-state index contributed by atoms with van der Waals surface area (Å²) in [5, 5.41) is 0. The maximum Gasteiger partial charge on any atom is 0.320 e. The number of aromatic nitrogens is 1. The molecule has 2 rings (SSSR count). The molecule has 2 amide bonds. The lowest BCUT2D eigenvalue weighted by atomic mass is 10.2. The van der Waals surface area contributed by atoms with Crippen LogP contribution in [0.5, 0.6) is 0 Å². The standard InChI is InChI=1S/C11H15N3O2/c1-8(15)6-14-7-10(13(2)11(14)16)9-4-3-5-12-9/h3-5,10,12H,6-7H2,1-2H3. The number of urea groups is 1. The molecule has 1 N–H and O–H groups in total. The van der Waals surface area contributed by atoms with E-state index in [0.717, 1.165) is 5.69 Å². The molecule has 1 aromatic rings. The number of ketones is 1. The maximum absolute atomic E-state index is 11.8. The molecule has 1 aromatic heterocycles. The summed E-state index contributed by atoms with van der Waals surface area (Å²) in [5.74, 6) is 0.00823. The second kappa shape index (κ2) is 4.00. The van der Waals surface area contributed by atoms with Gasteiger partial charge in [0.25, 0.3) is 0 Å². The predicted octanol–water partition coefficient (Wildman–Crippen LogP) is 1.01. The Morgan fingerprint density at radius 2 is 2.38 bits per heavy atom. The number of carbonyl (C=O) groups excluding carboxylic acids is 2. The number of carbonyl (C=O) groups is 2. The van der Waals surface area contributed by atoms with Crippen LogP contribution in [-0.4, -0.2) is 46.7 Å². The summed E-state index contributed by atoms with van der Waals surface area (Å²) in [6.45, 7) is 2.26. The molecule has 0 aliphatic carbocycles. The lowest BCUT2D eigenvalue weighted by Gasteiger charge is -2.16. The van der Waals surface area contributed by atoms with Crippen LogP contribution in [0.15, 0.2) is 18.3 Å². The zero-order valence-electron chi connectivity index (χ0n) is 9.43. The van der Waals surface area contributed by atoms with Crippen LogP contribution in [0.4, 0.5) is 4.79 Å². The first kappa shape index (κ1) is 10.7. The van der Waals surface area contributed by atoms with Crippen LogP contribution in [-0.2, 0) is 4.79 Å². The number of aromatic amines is 1. The lowest BCUT2D eigenvalue weighted by molar-refractivity contribution is -0.117. The number of amides is 2. The van der Waals surface area contributed by atoms with Crippen LogP contribution < -0.4 is 0 Å². The van der Waals surface area contributed by atoms with Crippen LogP contribution >= 0.6 is 0 Å². The summed E-state index contributed by atoms with van der Waals surface area (Å²) in [4.78, 5) is 29.2. The highest BCUT2D eigenvalue weighted by atomic mass is 16.2. The van der Waals surface area contributed by atoms with Crippen molar-refractivity contribution in [1.82, 2.24) is 14.8 Å². The van der Waals surface area contributed by atoms with E-state index in [4.69, 9.17) is 0 Å². The average Bonchev–Trinajstić information content (AvgIpc) is 2.81. The fourth-order valence-corrected chi connectivity index (χ4v) is 2.03. The van der Waals surface area contributed by atoms with E-state index < -0.39 is 0 Å². The number of H-pyrrole nitrogens is 1. The van der Waals surface area contributed by atoms with E-state index in [-0.39, 0.29) is 24.4 Å². The predicted molar refractivity (Wildman–Crippen MR) is 58.9 cm³/mol. The third-order valence-electron chi connectivity index (χ3n) is 2.83. The smallest absolute Gasteiger partial charge is 0.320 e. The molecule has 16 heavy (non-hydrogen) atoms. The summed E-state index contributed by atoms with van der Waals surface area (Å²) in [5.41, 5.74) is 1.00. The van der Waals surface area contributed by atoms with Crippen molar-refractivity contribution in [1.29, 1.82) is 0 Å². The number of nitrogens with one attached hydrogen (secondary N) is 1. The fraction of sp³-hybridized carbons (Fsp3) is 0.455. The molecule has 2 heterocycles. The molecule has 1 atom stereocenters. The van der Waals surface area contributed by atoms with E-state index in [9.17, 15) is 9.59 Å². The molecule has 1 aliphatic heterocycles. The molecular weight excluding hydrogens is 206 g/mol. The van der Waals surface area contributed by atoms with Crippen LogP contribution in [0.25, 0.3) is 0 Å². The molecular formula is C11H15N3O2. The molecule has 1 fully saturated rings. The van der Waals surface area contributed by atoms with Gasteiger partial charge >= 0.3 is 6.03 Å². The van der Waals surface area contributed by atoms with Gasteiger partial charge in [0.15, 0.2) is 0 Å². The van der Waals surface area contributed by atoms with Crippen molar-refractivity contribution in [3.05, 3.63) is 24.0 Å². The molecule has 0 aromatic carbocycles. The van der Waals surface area contributed by atoms with Gasteiger partial charge in [-0.25, -0.2) is 4.79 Å². The number of hydrogen-bond acceptors (Lipinski definition) is 2. The van der Waals surface area contributed by atoms with E-state index in [0.29, 0.717) is 6.54 Å². The highest BCUT2D eigenvalue weighted by Crippen LogP contribution is 2.26. The van der Waals surface area contributed by atoms with Crippen molar-refractivity contribution in [2.24, 2.45) is 0 Å². The topological polar surface area (TPSA) is 56.4 Å². The fourth-order valence-electron chi connectivity index (χ4n) is 2.03. The van der Waals surface area contributed by atoms with Gasteiger partial charge in [0, 0.05) is 25.5 Å². The van der Waals surface area contributed by atoms with Gasteiger partial charge in [0.2, 0.25) is 0 Å². The molecule has 1 saturated heterocycles. The van der Waals surface area contributed by atoms with Crippen molar-refractivity contribution >= 4 is 11.8 Å². The van der Waals surface area contributed by atoms with Crippen LogP contribution in [0.2, 0.25) is 0 Å². The number of nitrogens with zero attached hydrogens (tertiary/aromatic N) is 2. The second-order valence-corrected chi connectivity index (χ2v) is 4.12. The normalized spacial score (nSPS) is 20.6. The number of likely N-dealkylation sites (N-methyl/N-ethyl adjacent to an activating group) is 1. The van der Waals surface area contributed by atoms with Crippen molar-refractivity contribution in [3.8, 4) is 0 Å². The Bertz CT molecular complexity index is 399. The Morgan fingerprint density at radius 3 is 2.94 bits per heavy atom. The molecule has 1 aliphatic rings. The summed E-state index contributed by atoms with van der Waals surface area (Å²) < 4.78 is 0. The van der Waals surface area contributed by atoms with Gasteiger partial charge in [-0.2, -0.15) is 0 Å². The van der Waals surface area contributed by atoms with E-state index in [1.165, 1.54) is 6.92 Å². The maximum atomic E-state index is 11.8. The molecule has 86 valence electrons. The van der Waals surface area contributed by atoms with Crippen LogP contribution in [0.3, 0.4) is 0 Å². The zero-order valence-corrected chi connectivity index (χ0v) is 9.43. The molecule has 5 nitrogen and oxygen atoms in total. The molecule has 1 unspecified atom stereocenters. The third kappa shape index (κ3) is 1.80. The Morgan fingerprint density at radius 1 is 1.62 bits per heavy atom. The lowest BCUT2D eigenvalue weighted by Crippen LogP contribution is -2.33. The summed E-state index contributed by atoms with van der Waals surface area (Å²) in [7, 11) is 1.76. The first-order valence-corrected chi connectivity index (χ1v) is 5.24. The first-order valence-electron chi connectivity index (χ1n) is 5.24. The SMILES string of the molecule is CC(=O)CN1CC(c2ccc[nH]2)N(C)C1=O. The average molecular weight is 221 g/mol. The van der Waals surface area contributed by atoms with Gasteiger partial charge in [0.1, 0.15) is 5.78 Å². The van der Waals surface area contributed by atoms with Crippen molar-refractivity contribution in [2.75, 3.05) is 20.1 Å². The van der Waals surface area contributed by atoms with E-state index >= 15 is 0 Å². The van der Waals surface area contributed by atoms with Crippen LogP contribution in [0, 0.1) is 0 Å². The molecule has 5 heteroatoms. The van der Waals surface area contributed by atoms with Crippen LogP contribution in [0.1, 0.15) is 18.7 Å². The minimum Gasteiger partial charge on any atom is -0.363 e. The highest BCUT2D eigenvalue weighted by molar-refractivity contribution is 5.85. The minimum absolute atomic E-state index is 0.00823. The largest absolute Gasteiger partial charge is 0.363 e. The van der Waals surface area contributed by atoms with Gasteiger partial charge in [0.05, 0.1) is 12.6 Å². The molecule has 0 spiro atoms. The van der Waals surface area contributed by atoms with Crippen molar-refractivity contribution in [3.63, 3.8) is 0 Å². The summed E-state index contributed by atoms with van der Waals surface area (Å²) >= 11 is 0. The van der Waals surface area contributed by atoms with E-state index in [2.05, 4.69) is 4.98 Å². The summed E-state index contributed by atoms with van der Waals surface area (Å²) in [6.07, 6.45) is 1.83. The Labute approximate surface area is 94.0 Å². The minimum atomic E-state index is -0.0881. The molecule has 0 radical (unpaired) electrons. The Balaban J connectivity index is 2.14. The van der Waals surface area contributed by atoms with Gasteiger partial charge < -0.3 is 14.8 Å². The second-order valence-electron chi connectivity index (χ2n) is 4.12. The Kier molecular flexibility index (Phi) is 2.68. The summed E-state index contributed by atoms with van der Waals surface area (Å²) in [6, 6.07) is 3.78. The van der Waals surface area contributed by atoms with Crippen molar-refractivity contribution < 1.29 is 9.59 Å². The van der Waals surface area contributed by atoms with Gasteiger partial charge in [-0.3, -0.25) is 4.79 Å². The number of rotatable bonds is 3. The first-order chi connectivity index (χ1) is 7.59. The molecule has 0 bridgehead atoms. The monoisotopic (exact) mass is 221 g/mol. The number of hydrogen-bond donors (Lipinski definition) is 1. The zero-order chi connectivity index (χ0) is 11.7. The number of Topliss-reactive ketones (excluding diaryl/α,β-unsaturated/α-hetero) is 1. The quantitative estimate of drug-likeness (QED) is 0.828. The van der Waals surface area contributed by atoms with Gasteiger partial charge in [-0.05, 0) is 19.1 Å². The highest BCUT2D eigenvalue weighted by Gasteiger charge is 2.36. The Hall–Kier alpha value is -1.78. The van der Waals surface area contributed by atoms with Gasteiger partial charge in [-0.1, -0.05) is 0 Å². The third-order valence-corrected chi connectivity index (χ3v) is 2.83. The molecule has 0 saturated carbocycles. The van der Waals surface area contributed by atoms with Crippen molar-refractivity contribution in [2.45, 2.75) is 13.0 Å².